The number of methoxy groups -OCH3 is 1. The second kappa shape index (κ2) is 10.2. The Morgan fingerprint density at radius 2 is 2.21 bits per heavy atom. The van der Waals surface area contributed by atoms with Gasteiger partial charge in [0, 0.05) is 24.2 Å². The van der Waals surface area contributed by atoms with Crippen LogP contribution < -0.4 is 4.74 Å². The molecule has 7 atom stereocenters. The van der Waals surface area contributed by atoms with Gasteiger partial charge in [0.25, 0.3) is 0 Å². The second-order valence-electron chi connectivity index (χ2n) is 8.66. The number of nitrogens with zero attached hydrogens (tertiary/aromatic N) is 2. The topological polar surface area (TPSA) is 122 Å². The molecule has 1 aromatic carbocycles. The molecule has 0 aliphatic carbocycles. The van der Waals surface area contributed by atoms with Crippen molar-refractivity contribution in [1.29, 1.82) is 0 Å². The second-order valence-corrected chi connectivity index (χ2v) is 10.1. The molecular weight excluding hydrogens is 447 g/mol. The number of aliphatic hydroxyl groups excluding tert-OH is 2. The van der Waals surface area contributed by atoms with Crippen LogP contribution in [-0.2, 0) is 13.6 Å². The SMILES string of the molecule is C=CC1CN2CCC1CC2C(OP(=O)(O)OCC(O)CO)c1ccnc2ccc(OC)cc12. The van der Waals surface area contributed by atoms with Gasteiger partial charge in [-0.15, -0.1) is 6.58 Å². The summed E-state index contributed by atoms with van der Waals surface area (Å²) >= 11 is 0. The van der Waals surface area contributed by atoms with Crippen LogP contribution in [0.3, 0.4) is 0 Å². The molecule has 3 aliphatic heterocycles. The number of aliphatic hydroxyl groups is 2. The van der Waals surface area contributed by atoms with Crippen molar-refractivity contribution in [3.63, 3.8) is 0 Å². The van der Waals surface area contributed by atoms with Crippen molar-refractivity contribution in [2.75, 3.05) is 33.4 Å². The first-order valence-corrected chi connectivity index (χ1v) is 12.6. The molecule has 3 N–H and O–H groups in total. The van der Waals surface area contributed by atoms with E-state index in [1.165, 1.54) is 0 Å². The molecule has 3 saturated heterocycles. The molecule has 3 fully saturated rings. The molecule has 4 heterocycles. The van der Waals surface area contributed by atoms with Gasteiger partial charge in [-0.05, 0) is 61.1 Å². The predicted octanol–water partition coefficient (Wildman–Crippen LogP) is 2.67. The zero-order chi connectivity index (χ0) is 23.6. The highest BCUT2D eigenvalue weighted by molar-refractivity contribution is 7.47. The molecular formula is C23H31N2O7P. The Hall–Kier alpha value is -1.84. The van der Waals surface area contributed by atoms with Crippen LogP contribution in [0.4, 0.5) is 0 Å². The Morgan fingerprint density at radius 1 is 1.39 bits per heavy atom. The minimum Gasteiger partial charge on any atom is -0.497 e. The van der Waals surface area contributed by atoms with E-state index in [4.69, 9.17) is 18.9 Å². The first kappa shape index (κ1) is 24.3. The van der Waals surface area contributed by atoms with Gasteiger partial charge in [-0.2, -0.15) is 0 Å². The van der Waals surface area contributed by atoms with Crippen molar-refractivity contribution in [2.45, 2.75) is 31.1 Å². The van der Waals surface area contributed by atoms with Crippen molar-refractivity contribution in [1.82, 2.24) is 9.88 Å². The smallest absolute Gasteiger partial charge is 0.472 e. The summed E-state index contributed by atoms with van der Waals surface area (Å²) in [5, 5.41) is 19.3. The lowest BCUT2D eigenvalue weighted by atomic mass is 9.73. The van der Waals surface area contributed by atoms with Crippen molar-refractivity contribution >= 4 is 18.7 Å². The number of phosphoric acid groups is 1. The minimum absolute atomic E-state index is 0.149. The normalized spacial score (nSPS) is 28.2. The maximum Gasteiger partial charge on any atom is 0.472 e. The number of pyridine rings is 1. The van der Waals surface area contributed by atoms with E-state index >= 15 is 0 Å². The molecule has 10 heteroatoms. The fraction of sp³-hybridized carbons (Fsp3) is 0.522. The maximum atomic E-state index is 12.9. The number of phosphoric ester groups is 1. The van der Waals surface area contributed by atoms with Crippen molar-refractivity contribution in [2.24, 2.45) is 11.8 Å². The zero-order valence-corrected chi connectivity index (χ0v) is 19.5. The van der Waals surface area contributed by atoms with Gasteiger partial charge in [0.1, 0.15) is 18.0 Å². The summed E-state index contributed by atoms with van der Waals surface area (Å²) < 4.78 is 29.1. The Kier molecular flexibility index (Phi) is 7.50. The van der Waals surface area contributed by atoms with Gasteiger partial charge in [-0.25, -0.2) is 4.57 Å². The number of hydrogen-bond donors (Lipinski definition) is 3. The van der Waals surface area contributed by atoms with Gasteiger partial charge in [-0.3, -0.25) is 18.9 Å². The number of ether oxygens (including phenoxy) is 1. The first-order valence-electron chi connectivity index (χ1n) is 11.1. The summed E-state index contributed by atoms with van der Waals surface area (Å²) in [6.45, 7) is 4.55. The van der Waals surface area contributed by atoms with Gasteiger partial charge in [0.15, 0.2) is 0 Å². The number of rotatable bonds is 10. The van der Waals surface area contributed by atoms with E-state index < -0.39 is 33.2 Å². The van der Waals surface area contributed by atoms with Crippen molar-refractivity contribution < 1.29 is 33.5 Å². The maximum absolute atomic E-state index is 12.9. The summed E-state index contributed by atoms with van der Waals surface area (Å²) in [4.78, 5) is 17.2. The average Bonchev–Trinajstić information content (AvgIpc) is 2.85. The van der Waals surface area contributed by atoms with Gasteiger partial charge in [-0.1, -0.05) is 6.08 Å². The molecule has 1 aromatic heterocycles. The van der Waals surface area contributed by atoms with Gasteiger partial charge >= 0.3 is 7.82 Å². The number of piperidine rings is 3. The average molecular weight is 478 g/mol. The predicted molar refractivity (Wildman–Crippen MR) is 123 cm³/mol. The molecule has 180 valence electrons. The largest absolute Gasteiger partial charge is 0.497 e. The molecule has 2 aromatic rings. The summed E-state index contributed by atoms with van der Waals surface area (Å²) in [6, 6.07) is 7.14. The van der Waals surface area contributed by atoms with Crippen LogP contribution >= 0.6 is 7.82 Å². The number of aromatic nitrogens is 1. The van der Waals surface area contributed by atoms with E-state index in [2.05, 4.69) is 16.5 Å². The summed E-state index contributed by atoms with van der Waals surface area (Å²) in [5.74, 6) is 1.44. The highest BCUT2D eigenvalue weighted by Gasteiger charge is 2.45. The monoisotopic (exact) mass is 478 g/mol. The summed E-state index contributed by atoms with van der Waals surface area (Å²) in [7, 11) is -2.98. The van der Waals surface area contributed by atoms with Crippen LogP contribution in [0.5, 0.6) is 5.75 Å². The molecule has 3 aliphatic rings. The highest BCUT2D eigenvalue weighted by Crippen LogP contribution is 2.53. The highest BCUT2D eigenvalue weighted by atomic mass is 31.2. The van der Waals surface area contributed by atoms with Crippen LogP contribution in [0.1, 0.15) is 24.5 Å². The molecule has 2 bridgehead atoms. The quantitative estimate of drug-likeness (QED) is 0.349. The van der Waals surface area contributed by atoms with Crippen LogP contribution in [0.15, 0.2) is 43.1 Å². The minimum atomic E-state index is -4.56. The summed E-state index contributed by atoms with van der Waals surface area (Å²) in [5.41, 5.74) is 1.43. The molecule has 0 spiro atoms. The van der Waals surface area contributed by atoms with Gasteiger partial charge in [0.05, 0.1) is 25.8 Å². The molecule has 9 nitrogen and oxygen atoms in total. The Bertz CT molecular complexity index is 1040. The zero-order valence-electron chi connectivity index (χ0n) is 18.6. The Morgan fingerprint density at radius 3 is 2.88 bits per heavy atom. The lowest BCUT2D eigenvalue weighted by Gasteiger charge is -2.51. The van der Waals surface area contributed by atoms with Crippen LogP contribution in [-0.4, -0.2) is 70.5 Å². The fourth-order valence-electron chi connectivity index (χ4n) is 4.95. The number of fused-ring (bicyclic) bond motifs is 4. The van der Waals surface area contributed by atoms with E-state index in [-0.39, 0.29) is 6.04 Å². The first-order chi connectivity index (χ1) is 15.8. The molecule has 33 heavy (non-hydrogen) atoms. The lowest BCUT2D eigenvalue weighted by Crippen LogP contribution is -2.55. The van der Waals surface area contributed by atoms with Crippen LogP contribution in [0, 0.1) is 11.8 Å². The van der Waals surface area contributed by atoms with Gasteiger partial charge in [0.2, 0.25) is 0 Å². The molecule has 5 rings (SSSR count). The van der Waals surface area contributed by atoms with Crippen molar-refractivity contribution in [3.05, 3.63) is 48.7 Å². The van der Waals surface area contributed by atoms with Crippen LogP contribution in [0.25, 0.3) is 10.9 Å². The number of benzene rings is 1. The third kappa shape index (κ3) is 5.30. The summed E-state index contributed by atoms with van der Waals surface area (Å²) in [6.07, 6.45) is 3.42. The van der Waals surface area contributed by atoms with E-state index in [0.717, 1.165) is 31.3 Å². The molecule has 7 unspecified atom stereocenters. The van der Waals surface area contributed by atoms with Crippen LogP contribution in [0.2, 0.25) is 0 Å². The van der Waals surface area contributed by atoms with E-state index in [1.807, 2.05) is 24.3 Å². The number of hydrogen-bond acceptors (Lipinski definition) is 8. The molecule has 0 amide bonds. The fourth-order valence-corrected chi connectivity index (χ4v) is 5.92. The standard InChI is InChI=1S/C23H31N2O7P/c1-3-15-12-25-9-7-16(15)10-22(25)23(32-33(28,29)31-14-17(27)13-26)19-6-8-24-21-5-4-18(30-2)11-20(19)21/h3-6,8,11,15-17,22-23,26-27H,1,7,9-10,12-14H2,2H3,(H,28,29). The van der Waals surface area contributed by atoms with E-state index in [9.17, 15) is 14.6 Å². The third-order valence-corrected chi connectivity index (χ3v) is 7.65. The lowest BCUT2D eigenvalue weighted by molar-refractivity contribution is -0.0485. The third-order valence-electron chi connectivity index (χ3n) is 6.68. The van der Waals surface area contributed by atoms with E-state index in [0.29, 0.717) is 28.7 Å². The Balaban J connectivity index is 1.72. The van der Waals surface area contributed by atoms with Crippen molar-refractivity contribution in [3.8, 4) is 5.75 Å². The molecule has 0 saturated carbocycles. The molecule has 0 radical (unpaired) electrons. The van der Waals surface area contributed by atoms with Gasteiger partial charge < -0.3 is 19.8 Å². The Labute approximate surface area is 193 Å². The van der Waals surface area contributed by atoms with E-state index in [1.54, 1.807) is 19.4 Å².